The van der Waals surface area contributed by atoms with E-state index in [4.69, 9.17) is 12.2 Å². The molecule has 1 aliphatic heterocycles. The van der Waals surface area contributed by atoms with Crippen molar-refractivity contribution in [3.05, 3.63) is 40.4 Å². The van der Waals surface area contributed by atoms with E-state index in [-0.39, 0.29) is 0 Å². The summed E-state index contributed by atoms with van der Waals surface area (Å²) in [6.45, 7) is 5.34. The average molecular weight is 291 g/mol. The Morgan fingerprint density at radius 1 is 1.47 bits per heavy atom. The number of nitrogens with one attached hydrogen (secondary N) is 1. The van der Waals surface area contributed by atoms with E-state index >= 15 is 0 Å². The van der Waals surface area contributed by atoms with Gasteiger partial charge in [0.2, 0.25) is 0 Å². The Labute approximate surface area is 122 Å². The van der Waals surface area contributed by atoms with E-state index in [0.29, 0.717) is 11.2 Å². The Bertz CT molecular complexity index is 617. The molecule has 1 atom stereocenters. The number of benzene rings is 1. The van der Waals surface area contributed by atoms with Gasteiger partial charge in [0.25, 0.3) is 0 Å². The third-order valence-electron chi connectivity index (χ3n) is 3.27. The van der Waals surface area contributed by atoms with E-state index in [1.165, 1.54) is 10.5 Å². The second kappa shape index (κ2) is 5.13. The van der Waals surface area contributed by atoms with Crippen LogP contribution in [0.15, 0.2) is 29.2 Å². The molecule has 1 aromatic heterocycles. The van der Waals surface area contributed by atoms with Gasteiger partial charge < -0.3 is 4.57 Å². The Morgan fingerprint density at radius 3 is 3.00 bits per heavy atom. The summed E-state index contributed by atoms with van der Waals surface area (Å²) in [5.74, 6) is 1.65. The Kier molecular flexibility index (Phi) is 3.50. The summed E-state index contributed by atoms with van der Waals surface area (Å²) in [5.41, 5.74) is 1.42. The Balaban J connectivity index is 1.91. The Hall–Kier alpha value is -1.07. The van der Waals surface area contributed by atoms with E-state index in [1.54, 1.807) is 0 Å². The maximum absolute atomic E-state index is 5.35. The van der Waals surface area contributed by atoms with Crippen molar-refractivity contribution in [2.24, 2.45) is 5.92 Å². The van der Waals surface area contributed by atoms with Crippen LogP contribution in [0.4, 0.5) is 0 Å². The molecule has 1 aliphatic rings. The van der Waals surface area contributed by atoms with Crippen molar-refractivity contribution in [2.75, 3.05) is 0 Å². The topological polar surface area (TPSA) is 33.6 Å². The quantitative estimate of drug-likeness (QED) is 0.868. The Morgan fingerprint density at radius 2 is 2.26 bits per heavy atom. The molecule has 0 bridgehead atoms. The monoisotopic (exact) mass is 291 g/mol. The van der Waals surface area contributed by atoms with Crippen LogP contribution in [0.25, 0.3) is 0 Å². The van der Waals surface area contributed by atoms with Gasteiger partial charge in [-0.1, -0.05) is 32.0 Å². The molecule has 3 nitrogen and oxygen atoms in total. The molecule has 0 amide bonds. The van der Waals surface area contributed by atoms with Gasteiger partial charge in [-0.05, 0) is 36.2 Å². The second-order valence-corrected chi connectivity index (χ2v) is 6.94. The van der Waals surface area contributed by atoms with Crippen LogP contribution < -0.4 is 0 Å². The van der Waals surface area contributed by atoms with Gasteiger partial charge in [0.05, 0.1) is 5.25 Å². The largest absolute Gasteiger partial charge is 0.303 e. The number of fused-ring (bicyclic) bond motifs is 1. The third kappa shape index (κ3) is 2.49. The number of hydrogen-bond donors (Lipinski definition) is 1. The normalized spacial score (nSPS) is 17.9. The minimum atomic E-state index is 0.379. The van der Waals surface area contributed by atoms with Crippen LogP contribution in [0, 0.1) is 10.7 Å². The summed E-state index contributed by atoms with van der Waals surface area (Å²) in [7, 11) is 0. The first-order chi connectivity index (χ1) is 9.15. The standard InChI is InChI=1S/C14H17N3S2/c1-9(2)8-17-13(15-16-14(17)18)12-7-10-5-3-4-6-11(10)19-12/h3-6,9,12H,7-8H2,1-2H3,(H,16,18). The lowest BCUT2D eigenvalue weighted by Gasteiger charge is -2.12. The molecule has 2 aromatic rings. The molecular formula is C14H17N3S2. The number of hydrogen-bond acceptors (Lipinski definition) is 3. The van der Waals surface area contributed by atoms with Gasteiger partial charge in [-0.25, -0.2) is 0 Å². The first kappa shape index (κ1) is 12.9. The van der Waals surface area contributed by atoms with E-state index in [2.05, 4.69) is 52.9 Å². The van der Waals surface area contributed by atoms with Crippen LogP contribution in [0.2, 0.25) is 0 Å². The minimum absolute atomic E-state index is 0.379. The molecule has 100 valence electrons. The van der Waals surface area contributed by atoms with E-state index in [9.17, 15) is 0 Å². The smallest absolute Gasteiger partial charge is 0.195 e. The minimum Gasteiger partial charge on any atom is -0.303 e. The van der Waals surface area contributed by atoms with Crippen LogP contribution in [0.1, 0.15) is 30.5 Å². The third-order valence-corrected chi connectivity index (χ3v) is 4.90. The second-order valence-electron chi connectivity index (χ2n) is 5.31. The highest BCUT2D eigenvalue weighted by molar-refractivity contribution is 7.99. The number of thioether (sulfide) groups is 1. The summed E-state index contributed by atoms with van der Waals surface area (Å²) in [4.78, 5) is 1.37. The molecule has 5 heteroatoms. The highest BCUT2D eigenvalue weighted by atomic mass is 32.2. The van der Waals surface area contributed by atoms with Crippen molar-refractivity contribution in [1.29, 1.82) is 0 Å². The van der Waals surface area contributed by atoms with Gasteiger partial charge in [0.15, 0.2) is 4.77 Å². The van der Waals surface area contributed by atoms with Gasteiger partial charge in [0.1, 0.15) is 5.82 Å². The summed E-state index contributed by atoms with van der Waals surface area (Å²) in [6, 6.07) is 8.59. The number of aromatic nitrogens is 3. The van der Waals surface area contributed by atoms with Crippen molar-refractivity contribution in [2.45, 2.75) is 37.0 Å². The summed E-state index contributed by atoms with van der Waals surface area (Å²) < 4.78 is 2.89. The highest BCUT2D eigenvalue weighted by Crippen LogP contribution is 2.45. The van der Waals surface area contributed by atoms with Crippen LogP contribution in [-0.2, 0) is 13.0 Å². The maximum Gasteiger partial charge on any atom is 0.195 e. The van der Waals surface area contributed by atoms with E-state index < -0.39 is 0 Å². The molecule has 1 unspecified atom stereocenters. The van der Waals surface area contributed by atoms with Crippen LogP contribution in [0.3, 0.4) is 0 Å². The number of aromatic amines is 1. The van der Waals surface area contributed by atoms with Gasteiger partial charge in [-0.15, -0.1) is 11.8 Å². The van der Waals surface area contributed by atoms with Crippen molar-refractivity contribution in [3.63, 3.8) is 0 Å². The van der Waals surface area contributed by atoms with Crippen LogP contribution in [0.5, 0.6) is 0 Å². The van der Waals surface area contributed by atoms with Gasteiger partial charge >= 0.3 is 0 Å². The zero-order valence-electron chi connectivity index (χ0n) is 11.1. The maximum atomic E-state index is 5.35. The number of rotatable bonds is 3. The SMILES string of the molecule is CC(C)Cn1c(C2Cc3ccccc3S2)n[nH]c1=S. The van der Waals surface area contributed by atoms with Crippen molar-refractivity contribution >= 4 is 24.0 Å². The average Bonchev–Trinajstić information content (AvgIpc) is 2.93. The summed E-state index contributed by atoms with van der Waals surface area (Å²) >= 11 is 7.24. The lowest BCUT2D eigenvalue weighted by Crippen LogP contribution is -2.11. The fraction of sp³-hybridized carbons (Fsp3) is 0.429. The van der Waals surface area contributed by atoms with Crippen LogP contribution >= 0.6 is 24.0 Å². The first-order valence-electron chi connectivity index (χ1n) is 6.55. The lowest BCUT2D eigenvalue weighted by atomic mass is 10.1. The number of nitrogens with zero attached hydrogens (tertiary/aromatic N) is 2. The first-order valence-corrected chi connectivity index (χ1v) is 7.83. The van der Waals surface area contributed by atoms with E-state index in [1.807, 2.05) is 11.8 Å². The van der Waals surface area contributed by atoms with Gasteiger partial charge in [-0.2, -0.15) is 5.10 Å². The van der Waals surface area contributed by atoms with Crippen molar-refractivity contribution in [3.8, 4) is 0 Å². The molecule has 0 spiro atoms. The fourth-order valence-electron chi connectivity index (χ4n) is 2.44. The zero-order chi connectivity index (χ0) is 13.4. The zero-order valence-corrected chi connectivity index (χ0v) is 12.7. The molecular weight excluding hydrogens is 274 g/mol. The molecule has 3 rings (SSSR count). The van der Waals surface area contributed by atoms with Crippen molar-refractivity contribution < 1.29 is 0 Å². The van der Waals surface area contributed by atoms with Crippen molar-refractivity contribution in [1.82, 2.24) is 14.8 Å². The number of H-pyrrole nitrogens is 1. The molecule has 1 aromatic carbocycles. The lowest BCUT2D eigenvalue weighted by molar-refractivity contribution is 0.501. The summed E-state index contributed by atoms with van der Waals surface area (Å²) in [6.07, 6.45) is 1.04. The van der Waals surface area contributed by atoms with Crippen LogP contribution in [-0.4, -0.2) is 14.8 Å². The predicted molar refractivity (Wildman–Crippen MR) is 81.0 cm³/mol. The van der Waals surface area contributed by atoms with Gasteiger partial charge in [0, 0.05) is 11.4 Å². The molecule has 0 radical (unpaired) electrons. The van der Waals surface area contributed by atoms with E-state index in [0.717, 1.165) is 23.6 Å². The molecule has 0 aliphatic carbocycles. The van der Waals surface area contributed by atoms with Gasteiger partial charge in [-0.3, -0.25) is 5.10 Å². The fourth-order valence-corrected chi connectivity index (χ4v) is 3.97. The molecule has 19 heavy (non-hydrogen) atoms. The molecule has 1 N–H and O–H groups in total. The molecule has 0 saturated carbocycles. The highest BCUT2D eigenvalue weighted by Gasteiger charge is 2.27. The molecule has 0 saturated heterocycles. The summed E-state index contributed by atoms with van der Waals surface area (Å²) in [5, 5.41) is 7.79. The predicted octanol–water partition coefficient (Wildman–Crippen LogP) is 3.99. The molecule has 2 heterocycles. The molecule has 0 fully saturated rings.